The van der Waals surface area contributed by atoms with E-state index in [1.165, 1.54) is 0 Å². The SMILES string of the molecule is CC(C)CC(CC(=O)O)C[N+](=O)[O-].[KH]. The molecule has 0 fully saturated rings. The van der Waals surface area contributed by atoms with Gasteiger partial charge in [0.2, 0.25) is 6.54 Å². The van der Waals surface area contributed by atoms with Crippen LogP contribution < -0.4 is 0 Å². The molecular formula is C8H16KNO4. The zero-order valence-corrected chi connectivity index (χ0v) is 7.90. The van der Waals surface area contributed by atoms with Crippen molar-refractivity contribution in [1.82, 2.24) is 0 Å². The predicted octanol–water partition coefficient (Wildman–Crippen LogP) is 0.752. The molecule has 0 aromatic rings. The number of nitro groups is 1. The van der Waals surface area contributed by atoms with Crippen LogP contribution in [-0.4, -0.2) is 73.9 Å². The first-order chi connectivity index (χ1) is 5.91. The summed E-state index contributed by atoms with van der Waals surface area (Å²) in [7, 11) is 0. The quantitative estimate of drug-likeness (QED) is 0.414. The fourth-order valence-electron chi connectivity index (χ4n) is 1.35. The Kier molecular flexibility index (Phi) is 10.6. The van der Waals surface area contributed by atoms with Crippen molar-refractivity contribution in [1.29, 1.82) is 0 Å². The van der Waals surface area contributed by atoms with Crippen molar-refractivity contribution in [3.05, 3.63) is 10.1 Å². The van der Waals surface area contributed by atoms with Crippen LogP contribution in [0.3, 0.4) is 0 Å². The molecule has 0 radical (unpaired) electrons. The van der Waals surface area contributed by atoms with Crippen LogP contribution in [0.4, 0.5) is 0 Å². The molecule has 14 heavy (non-hydrogen) atoms. The van der Waals surface area contributed by atoms with E-state index in [1.54, 1.807) is 0 Å². The zero-order valence-electron chi connectivity index (χ0n) is 7.90. The molecule has 0 aliphatic rings. The third-order valence-electron chi connectivity index (χ3n) is 1.68. The van der Waals surface area contributed by atoms with E-state index in [0.717, 1.165) is 0 Å². The van der Waals surface area contributed by atoms with E-state index in [2.05, 4.69) is 0 Å². The van der Waals surface area contributed by atoms with Gasteiger partial charge in [-0.2, -0.15) is 0 Å². The van der Waals surface area contributed by atoms with Gasteiger partial charge in [-0.05, 0) is 12.3 Å². The number of carboxylic acids is 1. The van der Waals surface area contributed by atoms with Gasteiger partial charge in [0.15, 0.2) is 0 Å². The molecular weight excluding hydrogens is 213 g/mol. The molecule has 0 amide bonds. The first kappa shape index (κ1) is 16.9. The number of aliphatic carboxylic acids is 1. The number of carbonyl (C=O) groups is 1. The van der Waals surface area contributed by atoms with E-state index in [0.29, 0.717) is 12.3 Å². The van der Waals surface area contributed by atoms with Gasteiger partial charge in [0.05, 0.1) is 6.42 Å². The monoisotopic (exact) mass is 229 g/mol. The van der Waals surface area contributed by atoms with Gasteiger partial charge in [-0.25, -0.2) is 0 Å². The van der Waals surface area contributed by atoms with Crippen molar-refractivity contribution in [2.75, 3.05) is 6.54 Å². The molecule has 1 atom stereocenters. The Balaban J connectivity index is 0. The van der Waals surface area contributed by atoms with E-state index < -0.39 is 10.9 Å². The minimum absolute atomic E-state index is 0. The van der Waals surface area contributed by atoms with Gasteiger partial charge in [0, 0.05) is 10.8 Å². The standard InChI is InChI=1S/C8H15NO4.K.H/c1-6(2)3-7(4-8(10)11)5-9(12)13;;/h6-7H,3-5H2,1-2H3,(H,10,11);;. The van der Waals surface area contributed by atoms with Crippen molar-refractivity contribution in [2.45, 2.75) is 26.7 Å². The Morgan fingerprint density at radius 1 is 1.50 bits per heavy atom. The molecule has 78 valence electrons. The van der Waals surface area contributed by atoms with E-state index in [4.69, 9.17) is 5.11 Å². The Hall–Kier alpha value is 0.506. The summed E-state index contributed by atoms with van der Waals surface area (Å²) in [6, 6.07) is 0. The molecule has 0 aliphatic heterocycles. The van der Waals surface area contributed by atoms with E-state index >= 15 is 0 Å². The fraction of sp³-hybridized carbons (Fsp3) is 0.875. The van der Waals surface area contributed by atoms with E-state index in [9.17, 15) is 14.9 Å². The van der Waals surface area contributed by atoms with Crippen LogP contribution >= 0.6 is 0 Å². The predicted molar refractivity (Wildman–Crippen MR) is 54.2 cm³/mol. The molecule has 0 aromatic carbocycles. The molecule has 0 heterocycles. The number of hydrogen-bond acceptors (Lipinski definition) is 3. The first-order valence-corrected chi connectivity index (χ1v) is 4.25. The first-order valence-electron chi connectivity index (χ1n) is 4.25. The van der Waals surface area contributed by atoms with Crippen LogP contribution in [-0.2, 0) is 4.79 Å². The van der Waals surface area contributed by atoms with Gasteiger partial charge >= 0.3 is 57.4 Å². The summed E-state index contributed by atoms with van der Waals surface area (Å²) in [5.74, 6) is -1.01. The van der Waals surface area contributed by atoms with Crippen LogP contribution in [0.1, 0.15) is 26.7 Å². The number of carboxylic acid groups (broad SMARTS) is 1. The van der Waals surface area contributed by atoms with Gasteiger partial charge in [0.25, 0.3) is 0 Å². The molecule has 0 aromatic heterocycles. The number of hydrogen-bond donors (Lipinski definition) is 1. The average molecular weight is 229 g/mol. The topological polar surface area (TPSA) is 80.4 Å². The summed E-state index contributed by atoms with van der Waals surface area (Å²) < 4.78 is 0. The molecule has 0 rings (SSSR count). The molecule has 6 heteroatoms. The van der Waals surface area contributed by atoms with Gasteiger partial charge < -0.3 is 5.11 Å². The minimum atomic E-state index is -0.965. The van der Waals surface area contributed by atoms with Crippen molar-refractivity contribution < 1.29 is 14.8 Å². The Labute approximate surface area is 126 Å². The van der Waals surface area contributed by atoms with Crippen LogP contribution in [0.25, 0.3) is 0 Å². The Bertz CT molecular complexity index is 180. The zero-order chi connectivity index (χ0) is 10.4. The summed E-state index contributed by atoms with van der Waals surface area (Å²) in [6.07, 6.45) is 0.479. The van der Waals surface area contributed by atoms with Crippen LogP contribution in [0.15, 0.2) is 0 Å². The Morgan fingerprint density at radius 2 is 2.00 bits per heavy atom. The summed E-state index contributed by atoms with van der Waals surface area (Å²) in [5.41, 5.74) is 0. The van der Waals surface area contributed by atoms with Crippen LogP contribution in [0.5, 0.6) is 0 Å². The summed E-state index contributed by atoms with van der Waals surface area (Å²) in [4.78, 5) is 20.1. The molecule has 5 nitrogen and oxygen atoms in total. The molecule has 0 spiro atoms. The van der Waals surface area contributed by atoms with Crippen LogP contribution in [0.2, 0.25) is 0 Å². The van der Waals surface area contributed by atoms with Crippen molar-refractivity contribution in [2.24, 2.45) is 11.8 Å². The third-order valence-corrected chi connectivity index (χ3v) is 1.68. The summed E-state index contributed by atoms with van der Waals surface area (Å²) in [5, 5.41) is 18.7. The van der Waals surface area contributed by atoms with Gasteiger partial charge in [0.1, 0.15) is 0 Å². The molecule has 0 saturated carbocycles. The van der Waals surface area contributed by atoms with Crippen molar-refractivity contribution in [3.8, 4) is 0 Å². The second kappa shape index (κ2) is 8.79. The maximum absolute atomic E-state index is 10.4. The number of rotatable bonds is 6. The second-order valence-electron chi connectivity index (χ2n) is 3.61. The molecule has 0 aliphatic carbocycles. The molecule has 0 saturated heterocycles. The van der Waals surface area contributed by atoms with E-state index in [-0.39, 0.29) is 70.3 Å². The van der Waals surface area contributed by atoms with Crippen molar-refractivity contribution in [3.63, 3.8) is 0 Å². The van der Waals surface area contributed by atoms with Gasteiger partial charge in [-0.1, -0.05) is 13.8 Å². The number of nitrogens with zero attached hydrogens (tertiary/aromatic N) is 1. The molecule has 1 unspecified atom stereocenters. The summed E-state index contributed by atoms with van der Waals surface area (Å²) in [6.45, 7) is 3.61. The fourth-order valence-corrected chi connectivity index (χ4v) is 1.35. The second-order valence-corrected chi connectivity index (χ2v) is 3.61. The summed E-state index contributed by atoms with van der Waals surface area (Å²) >= 11 is 0. The molecule has 0 bridgehead atoms. The third kappa shape index (κ3) is 10.6. The average Bonchev–Trinajstić information content (AvgIpc) is 1.80. The van der Waals surface area contributed by atoms with Crippen LogP contribution in [0, 0.1) is 22.0 Å². The molecule has 1 N–H and O–H groups in total. The van der Waals surface area contributed by atoms with Gasteiger partial charge in [-0.15, -0.1) is 0 Å². The van der Waals surface area contributed by atoms with E-state index in [1.807, 2.05) is 13.8 Å². The normalized spacial score (nSPS) is 11.9. The Morgan fingerprint density at radius 3 is 2.29 bits per heavy atom. The van der Waals surface area contributed by atoms with Gasteiger partial charge in [-0.3, -0.25) is 14.9 Å². The van der Waals surface area contributed by atoms with Crippen molar-refractivity contribution >= 4 is 57.4 Å². The maximum atomic E-state index is 10.4.